The summed E-state index contributed by atoms with van der Waals surface area (Å²) in [5.41, 5.74) is 8.07. The summed E-state index contributed by atoms with van der Waals surface area (Å²) in [5, 5.41) is 5.57. The van der Waals surface area contributed by atoms with Gasteiger partial charge in [-0.15, -0.1) is 0 Å². The molecule has 4 N–H and O–H groups in total. The Morgan fingerprint density at radius 3 is 2.54 bits per heavy atom. The highest BCUT2D eigenvalue weighted by Gasteiger charge is 2.20. The summed E-state index contributed by atoms with van der Waals surface area (Å²) in [6.07, 6.45) is 1.74. The highest BCUT2D eigenvalue weighted by atomic mass is 16.5. The maximum atomic E-state index is 12.9. The molecule has 0 saturated heterocycles. The van der Waals surface area contributed by atoms with Crippen LogP contribution >= 0.6 is 0 Å². The summed E-state index contributed by atoms with van der Waals surface area (Å²) in [6, 6.07) is 15.9. The molecule has 2 heterocycles. The van der Waals surface area contributed by atoms with Crippen molar-refractivity contribution in [1.82, 2.24) is 19.4 Å². The van der Waals surface area contributed by atoms with E-state index in [1.807, 2.05) is 30.3 Å². The number of rotatable bonds is 10. The summed E-state index contributed by atoms with van der Waals surface area (Å²) in [4.78, 5) is 41.3. The Labute approximate surface area is 213 Å². The minimum absolute atomic E-state index is 0.174. The third-order valence-electron chi connectivity index (χ3n) is 5.75. The Hall–Kier alpha value is -4.80. The fourth-order valence-electron chi connectivity index (χ4n) is 3.91. The molecular weight excluding hydrogens is 476 g/mol. The number of imidazole rings is 1. The number of benzene rings is 2. The molecule has 0 radical (unpaired) electrons. The second-order valence-corrected chi connectivity index (χ2v) is 8.30. The van der Waals surface area contributed by atoms with Crippen molar-refractivity contribution in [2.45, 2.75) is 19.6 Å². The van der Waals surface area contributed by atoms with Crippen LogP contribution in [0.25, 0.3) is 11.0 Å². The highest BCUT2D eigenvalue weighted by Crippen LogP contribution is 2.31. The van der Waals surface area contributed by atoms with Gasteiger partial charge in [0.2, 0.25) is 11.9 Å². The van der Waals surface area contributed by atoms with Crippen LogP contribution in [0.4, 0.5) is 10.7 Å². The Kier molecular flexibility index (Phi) is 7.72. The zero-order valence-electron chi connectivity index (χ0n) is 20.6. The maximum absolute atomic E-state index is 12.9. The molecule has 0 unspecified atom stereocenters. The number of nitrogens with one attached hydrogen (secondary N) is 2. The summed E-state index contributed by atoms with van der Waals surface area (Å²) in [5.74, 6) is -0.315. The van der Waals surface area contributed by atoms with Crippen LogP contribution in [-0.4, -0.2) is 45.7 Å². The minimum atomic E-state index is -0.623. The van der Waals surface area contributed by atoms with Crippen LogP contribution in [0.5, 0.6) is 5.75 Å². The van der Waals surface area contributed by atoms with Gasteiger partial charge in [-0.25, -0.2) is 9.78 Å². The lowest BCUT2D eigenvalue weighted by Crippen LogP contribution is -2.26. The number of ether oxygens (including phenoxy) is 2. The van der Waals surface area contributed by atoms with Gasteiger partial charge < -0.3 is 29.7 Å². The van der Waals surface area contributed by atoms with Crippen LogP contribution in [0.1, 0.15) is 32.8 Å². The fraction of sp³-hybridized carbons (Fsp3) is 0.231. The molecule has 4 rings (SSSR count). The van der Waals surface area contributed by atoms with Gasteiger partial charge in [0, 0.05) is 31.9 Å². The Morgan fingerprint density at radius 2 is 1.86 bits per heavy atom. The molecule has 0 bridgehead atoms. The van der Waals surface area contributed by atoms with Crippen molar-refractivity contribution < 1.29 is 23.9 Å². The average molecular weight is 505 g/mol. The van der Waals surface area contributed by atoms with E-state index in [2.05, 4.69) is 15.6 Å². The van der Waals surface area contributed by atoms with Crippen LogP contribution in [0.15, 0.2) is 60.8 Å². The first-order valence-electron chi connectivity index (χ1n) is 11.6. The molecular formula is C26H28N6O5. The van der Waals surface area contributed by atoms with Crippen molar-refractivity contribution in [3.8, 4) is 5.75 Å². The van der Waals surface area contributed by atoms with Crippen molar-refractivity contribution in [3.05, 3.63) is 77.6 Å². The van der Waals surface area contributed by atoms with Gasteiger partial charge in [0.15, 0.2) is 0 Å². The number of aryl methyl sites for hydroxylation is 2. The van der Waals surface area contributed by atoms with Gasteiger partial charge in [-0.2, -0.15) is 0 Å². The van der Waals surface area contributed by atoms with Crippen molar-refractivity contribution in [2.24, 2.45) is 12.8 Å². The number of hydrogen-bond acceptors (Lipinski definition) is 6. The van der Waals surface area contributed by atoms with Gasteiger partial charge in [0.1, 0.15) is 23.6 Å². The second-order valence-electron chi connectivity index (χ2n) is 8.30. The number of carbonyl (C=O) groups excluding carboxylic acids is 3. The lowest BCUT2D eigenvalue weighted by molar-refractivity contribution is 0.0996. The monoisotopic (exact) mass is 504 g/mol. The van der Waals surface area contributed by atoms with E-state index >= 15 is 0 Å². The molecule has 11 nitrogen and oxygen atoms in total. The van der Waals surface area contributed by atoms with E-state index in [-0.39, 0.29) is 24.0 Å². The number of hydrogen-bond donors (Lipinski definition) is 3. The fourth-order valence-corrected chi connectivity index (χ4v) is 3.91. The molecule has 0 fully saturated rings. The molecule has 37 heavy (non-hydrogen) atoms. The lowest BCUT2D eigenvalue weighted by Gasteiger charge is -2.13. The molecule has 0 saturated carbocycles. The molecule has 0 aliphatic rings. The van der Waals surface area contributed by atoms with E-state index in [9.17, 15) is 14.4 Å². The van der Waals surface area contributed by atoms with Crippen molar-refractivity contribution in [3.63, 3.8) is 0 Å². The summed E-state index contributed by atoms with van der Waals surface area (Å²) in [7, 11) is 3.24. The number of nitrogens with zero attached hydrogens (tertiary/aromatic N) is 3. The van der Waals surface area contributed by atoms with Gasteiger partial charge >= 0.3 is 6.09 Å². The Bertz CT molecular complexity index is 1430. The van der Waals surface area contributed by atoms with E-state index in [1.54, 1.807) is 40.6 Å². The van der Waals surface area contributed by atoms with Crippen LogP contribution in [0, 0.1) is 0 Å². The van der Waals surface area contributed by atoms with Gasteiger partial charge in [0.25, 0.3) is 5.91 Å². The van der Waals surface area contributed by atoms with Gasteiger partial charge in [-0.05, 0) is 36.2 Å². The average Bonchev–Trinajstić information content (AvgIpc) is 3.48. The first kappa shape index (κ1) is 25.3. The van der Waals surface area contributed by atoms with E-state index in [1.165, 1.54) is 13.2 Å². The molecule has 0 spiro atoms. The summed E-state index contributed by atoms with van der Waals surface area (Å²) >= 11 is 0. The topological polar surface area (TPSA) is 142 Å². The van der Waals surface area contributed by atoms with Crippen LogP contribution in [-0.2, 0) is 24.9 Å². The third-order valence-corrected chi connectivity index (χ3v) is 5.75. The van der Waals surface area contributed by atoms with E-state index in [4.69, 9.17) is 15.2 Å². The van der Waals surface area contributed by atoms with Crippen molar-refractivity contribution in [1.29, 1.82) is 0 Å². The van der Waals surface area contributed by atoms with Gasteiger partial charge in [-0.3, -0.25) is 14.9 Å². The Balaban J connectivity index is 1.51. The Morgan fingerprint density at radius 1 is 1.08 bits per heavy atom. The zero-order chi connectivity index (χ0) is 26.4. The molecule has 0 aliphatic heterocycles. The number of anilines is 1. The number of fused-ring (bicyclic) bond motifs is 1. The minimum Gasteiger partial charge on any atom is -0.494 e. The van der Waals surface area contributed by atoms with Gasteiger partial charge in [0.05, 0.1) is 12.6 Å². The van der Waals surface area contributed by atoms with Crippen molar-refractivity contribution in [2.75, 3.05) is 19.0 Å². The molecule has 0 atom stereocenters. The normalized spacial score (nSPS) is 10.8. The number of methoxy groups -OCH3 is 1. The molecule has 11 heteroatoms. The molecule has 2 aromatic heterocycles. The lowest BCUT2D eigenvalue weighted by atomic mass is 10.1. The van der Waals surface area contributed by atoms with Crippen molar-refractivity contribution >= 4 is 34.9 Å². The standard InChI is InChI=1S/C26H28N6O5/c1-31-12-6-10-20(31)24(34)30-25-29-19-14-18(23(27)33)15-21(36-2)22(19)32(25)13-7-11-28-26(35)37-16-17-8-4-3-5-9-17/h3-6,8-10,12,14-15H,7,11,13,16H2,1-2H3,(H2,27,33)(H,28,35)(H,29,30,34). The van der Waals surface area contributed by atoms with E-state index < -0.39 is 12.0 Å². The number of amides is 3. The van der Waals surface area contributed by atoms with Crippen LogP contribution in [0.2, 0.25) is 0 Å². The summed E-state index contributed by atoms with van der Waals surface area (Å²) < 4.78 is 14.2. The number of alkyl carbamates (subject to hydrolysis) is 1. The van der Waals surface area contributed by atoms with Crippen LogP contribution < -0.4 is 21.1 Å². The predicted molar refractivity (Wildman–Crippen MR) is 137 cm³/mol. The largest absolute Gasteiger partial charge is 0.494 e. The smallest absolute Gasteiger partial charge is 0.407 e. The second kappa shape index (κ2) is 11.3. The third kappa shape index (κ3) is 5.89. The molecule has 0 aliphatic carbocycles. The summed E-state index contributed by atoms with van der Waals surface area (Å²) in [6.45, 7) is 0.873. The first-order valence-corrected chi connectivity index (χ1v) is 11.6. The number of aromatic nitrogens is 3. The van der Waals surface area contributed by atoms with E-state index in [0.717, 1.165) is 5.56 Å². The number of nitrogens with two attached hydrogens (primary N) is 1. The number of primary amides is 1. The zero-order valence-corrected chi connectivity index (χ0v) is 20.6. The SMILES string of the molecule is COc1cc(C(N)=O)cc2nc(NC(=O)c3cccn3C)n(CCCNC(=O)OCc3ccccc3)c12. The predicted octanol–water partition coefficient (Wildman–Crippen LogP) is 3.05. The number of carbonyl (C=O) groups is 3. The quantitative estimate of drug-likeness (QED) is 0.283. The van der Waals surface area contributed by atoms with E-state index in [0.29, 0.717) is 42.0 Å². The molecule has 4 aromatic rings. The molecule has 3 amide bonds. The maximum Gasteiger partial charge on any atom is 0.407 e. The first-order chi connectivity index (χ1) is 17.9. The van der Waals surface area contributed by atoms with Crippen LogP contribution in [0.3, 0.4) is 0 Å². The molecule has 2 aromatic carbocycles. The molecule has 192 valence electrons. The highest BCUT2D eigenvalue weighted by molar-refractivity contribution is 6.04. The van der Waals surface area contributed by atoms with Gasteiger partial charge in [-0.1, -0.05) is 30.3 Å².